The molecule has 0 amide bonds. The van der Waals surface area contributed by atoms with Gasteiger partial charge in [0.25, 0.3) is 0 Å². The number of aryl methyl sites for hydroxylation is 1. The van der Waals surface area contributed by atoms with Crippen molar-refractivity contribution in [1.82, 2.24) is 9.55 Å². The fraction of sp³-hybridized carbons (Fsp3) is 0.143. The third-order valence-electron chi connectivity index (χ3n) is 4.61. The summed E-state index contributed by atoms with van der Waals surface area (Å²) < 4.78 is 16.7. The molecule has 2 N–H and O–H groups in total. The zero-order valence-electron chi connectivity index (χ0n) is 15.1. The molecule has 1 unspecified atom stereocenters. The highest BCUT2D eigenvalue weighted by Gasteiger charge is 2.30. The van der Waals surface area contributed by atoms with E-state index in [4.69, 9.17) is 0 Å². The van der Waals surface area contributed by atoms with Gasteiger partial charge in [-0.1, -0.05) is 12.6 Å². The van der Waals surface area contributed by atoms with Crippen LogP contribution in [0.5, 0.6) is 5.75 Å². The quantitative estimate of drug-likeness (QED) is 0.720. The highest BCUT2D eigenvalue weighted by atomic mass is 19.1. The van der Waals surface area contributed by atoms with Gasteiger partial charge in [0.2, 0.25) is 0 Å². The summed E-state index contributed by atoms with van der Waals surface area (Å²) in [7, 11) is 1.93. The van der Waals surface area contributed by atoms with E-state index < -0.39 is 11.9 Å². The number of hydrogen-bond donors (Lipinski definition) is 2. The highest BCUT2D eigenvalue weighted by Crippen LogP contribution is 2.37. The number of hydrogen-bond acceptors (Lipinski definition) is 4. The fourth-order valence-corrected chi connectivity index (χ4v) is 3.46. The summed E-state index contributed by atoms with van der Waals surface area (Å²) in [5, 5.41) is 13.0. The minimum absolute atomic E-state index is 0.107. The van der Waals surface area contributed by atoms with Crippen molar-refractivity contribution in [2.75, 3.05) is 5.32 Å². The molecule has 0 saturated carbocycles. The van der Waals surface area contributed by atoms with Crippen molar-refractivity contribution < 1.29 is 9.50 Å². The van der Waals surface area contributed by atoms with E-state index in [1.165, 1.54) is 6.07 Å². The lowest BCUT2D eigenvalue weighted by atomic mass is 9.97. The SMILES string of the molecule is C=C(C)N=C1c2ccncc2NC(c2ccc(O)cc2F)c2ccn(C)c21. The number of phenols is 1. The van der Waals surface area contributed by atoms with Gasteiger partial charge in [0.1, 0.15) is 11.6 Å². The number of pyridine rings is 1. The number of fused-ring (bicyclic) bond motifs is 2. The molecule has 5 nitrogen and oxygen atoms in total. The van der Waals surface area contributed by atoms with Gasteiger partial charge in [0.15, 0.2) is 0 Å². The molecule has 1 aliphatic rings. The van der Waals surface area contributed by atoms with Gasteiger partial charge in [0.05, 0.1) is 29.3 Å². The van der Waals surface area contributed by atoms with Crippen LogP contribution in [0.25, 0.3) is 0 Å². The highest BCUT2D eigenvalue weighted by molar-refractivity contribution is 6.17. The number of nitrogens with one attached hydrogen (secondary N) is 1. The minimum Gasteiger partial charge on any atom is -0.508 e. The number of allylic oxidation sites excluding steroid dienone is 1. The molecule has 4 rings (SSSR count). The second-order valence-corrected chi connectivity index (χ2v) is 6.63. The molecule has 0 spiro atoms. The predicted molar refractivity (Wildman–Crippen MR) is 104 cm³/mol. The third-order valence-corrected chi connectivity index (χ3v) is 4.61. The van der Waals surface area contributed by atoms with Crippen molar-refractivity contribution >= 4 is 11.4 Å². The van der Waals surface area contributed by atoms with E-state index in [-0.39, 0.29) is 5.75 Å². The van der Waals surface area contributed by atoms with Crippen LogP contribution >= 0.6 is 0 Å². The second-order valence-electron chi connectivity index (χ2n) is 6.63. The molecule has 0 fully saturated rings. The zero-order valence-corrected chi connectivity index (χ0v) is 15.1. The summed E-state index contributed by atoms with van der Waals surface area (Å²) in [6.45, 7) is 5.76. The van der Waals surface area contributed by atoms with E-state index in [0.717, 1.165) is 34.3 Å². The van der Waals surface area contributed by atoms with E-state index in [0.29, 0.717) is 11.3 Å². The Kier molecular flexibility index (Phi) is 4.03. The van der Waals surface area contributed by atoms with E-state index >= 15 is 0 Å². The van der Waals surface area contributed by atoms with Crippen LogP contribution in [-0.4, -0.2) is 20.4 Å². The average Bonchev–Trinajstić information content (AvgIpc) is 2.93. The van der Waals surface area contributed by atoms with Gasteiger partial charge >= 0.3 is 0 Å². The molecule has 0 bridgehead atoms. The van der Waals surface area contributed by atoms with Gasteiger partial charge < -0.3 is 15.0 Å². The van der Waals surface area contributed by atoms with Gasteiger partial charge in [-0.25, -0.2) is 4.39 Å². The molecule has 136 valence electrons. The van der Waals surface area contributed by atoms with E-state index in [2.05, 4.69) is 21.9 Å². The first-order valence-electron chi connectivity index (χ1n) is 8.55. The molecule has 0 radical (unpaired) electrons. The molecular formula is C21H19FN4O. The first-order chi connectivity index (χ1) is 13.0. The maximum Gasteiger partial charge on any atom is 0.132 e. The Labute approximate surface area is 156 Å². The first kappa shape index (κ1) is 17.0. The maximum absolute atomic E-state index is 14.7. The molecule has 27 heavy (non-hydrogen) atoms. The lowest BCUT2D eigenvalue weighted by Gasteiger charge is -2.20. The number of nitrogens with zero attached hydrogens (tertiary/aromatic N) is 3. The summed E-state index contributed by atoms with van der Waals surface area (Å²) in [5.74, 6) is -0.585. The lowest BCUT2D eigenvalue weighted by molar-refractivity contribution is 0.467. The van der Waals surface area contributed by atoms with Crippen LogP contribution in [0.3, 0.4) is 0 Å². The molecule has 3 aromatic rings. The largest absolute Gasteiger partial charge is 0.508 e. The number of aromatic hydroxyl groups is 1. The van der Waals surface area contributed by atoms with Crippen LogP contribution in [0, 0.1) is 5.82 Å². The standard InChI is InChI=1S/C21H19FN4O/c1-12(2)24-20-15-6-8-23-11-18(15)25-19(16-7-9-26(3)21(16)20)14-5-4-13(27)10-17(14)22/h4-11,19,25,27H,1H2,2-3H3. The molecule has 0 saturated heterocycles. The normalized spacial score (nSPS) is 17.0. The summed E-state index contributed by atoms with van der Waals surface area (Å²) >= 11 is 0. The average molecular weight is 362 g/mol. The van der Waals surface area contributed by atoms with E-state index in [1.807, 2.05) is 36.9 Å². The number of phenolic OH excluding ortho intramolecular Hbond substituents is 1. The number of rotatable bonds is 2. The Morgan fingerprint density at radius 3 is 2.85 bits per heavy atom. The second kappa shape index (κ2) is 6.39. The molecule has 1 atom stereocenters. The van der Waals surface area contributed by atoms with E-state index in [9.17, 15) is 9.50 Å². The van der Waals surface area contributed by atoms with Crippen molar-refractivity contribution in [1.29, 1.82) is 0 Å². The number of halogens is 1. The first-order valence-corrected chi connectivity index (χ1v) is 8.55. The summed E-state index contributed by atoms with van der Waals surface area (Å²) in [6.07, 6.45) is 5.34. The van der Waals surface area contributed by atoms with Crippen LogP contribution in [0.1, 0.15) is 35.3 Å². The number of aromatic nitrogens is 2. The van der Waals surface area contributed by atoms with Gasteiger partial charge in [-0.2, -0.15) is 0 Å². The van der Waals surface area contributed by atoms with Crippen LogP contribution in [0.4, 0.5) is 10.1 Å². The summed E-state index contributed by atoms with van der Waals surface area (Å²) in [6, 6.07) is 7.58. The summed E-state index contributed by atoms with van der Waals surface area (Å²) in [4.78, 5) is 8.88. The van der Waals surface area contributed by atoms with Crippen LogP contribution in [0.15, 0.2) is 66.2 Å². The fourth-order valence-electron chi connectivity index (χ4n) is 3.46. The molecule has 1 aliphatic heterocycles. The van der Waals surface area contributed by atoms with Crippen molar-refractivity contribution in [2.45, 2.75) is 13.0 Å². The maximum atomic E-state index is 14.7. The van der Waals surface area contributed by atoms with Crippen LogP contribution in [0.2, 0.25) is 0 Å². The van der Waals surface area contributed by atoms with Crippen molar-refractivity contribution in [2.24, 2.45) is 12.0 Å². The number of benzene rings is 1. The Hall–Kier alpha value is -3.41. The summed E-state index contributed by atoms with van der Waals surface area (Å²) in [5.41, 5.74) is 5.27. The van der Waals surface area contributed by atoms with Crippen LogP contribution in [-0.2, 0) is 7.05 Å². The Morgan fingerprint density at radius 2 is 2.11 bits per heavy atom. The van der Waals surface area contributed by atoms with Crippen molar-refractivity contribution in [3.05, 3.63) is 89.4 Å². The minimum atomic E-state index is -0.479. The van der Waals surface area contributed by atoms with E-state index in [1.54, 1.807) is 18.5 Å². The zero-order chi connectivity index (χ0) is 19.1. The predicted octanol–water partition coefficient (Wildman–Crippen LogP) is 4.15. The smallest absolute Gasteiger partial charge is 0.132 e. The Morgan fingerprint density at radius 1 is 1.30 bits per heavy atom. The lowest BCUT2D eigenvalue weighted by Crippen LogP contribution is -2.14. The third kappa shape index (κ3) is 2.89. The number of anilines is 1. The van der Waals surface area contributed by atoms with Gasteiger partial charge in [0, 0.05) is 47.9 Å². The molecule has 0 aliphatic carbocycles. The van der Waals surface area contributed by atoms with Crippen LogP contribution < -0.4 is 5.32 Å². The molecule has 3 heterocycles. The Balaban J connectivity index is 2.02. The molecular weight excluding hydrogens is 343 g/mol. The van der Waals surface area contributed by atoms with Gasteiger partial charge in [-0.05, 0) is 25.1 Å². The Bertz CT molecular complexity index is 1080. The van der Waals surface area contributed by atoms with Gasteiger partial charge in [-0.3, -0.25) is 9.98 Å². The monoisotopic (exact) mass is 362 g/mol. The van der Waals surface area contributed by atoms with Crippen molar-refractivity contribution in [3.8, 4) is 5.75 Å². The molecule has 2 aromatic heterocycles. The van der Waals surface area contributed by atoms with Gasteiger partial charge in [-0.15, -0.1) is 0 Å². The number of aliphatic imine (C=N–C) groups is 1. The molecule has 6 heteroatoms. The topological polar surface area (TPSA) is 62.4 Å². The van der Waals surface area contributed by atoms with Crippen molar-refractivity contribution in [3.63, 3.8) is 0 Å². The molecule has 1 aromatic carbocycles.